The fourth-order valence-electron chi connectivity index (χ4n) is 6.88. The molecule has 16 nitrogen and oxygen atoms in total. The average molecular weight is 696 g/mol. The molecule has 6 atom stereocenters. The standard InChI is InChI=1S/C35H29N5O11/c36-35-38-32-24(33(48)39-35)37-13-40(32)21-4-2-1-3-16(21)15-7-8-49-12-22-27(44)29(46)30(47)34(50-22)51-31-19(15)10-20-23(28(31)45)26(43)18-9-14(11-41)5-6-17(18)25(20)42/h1-10,15,22,27,29-30,34,41,44-47H,11-13H2,(H2,36,39,48)/b8-7-/t15-,22-,27-,29+,30-,34+/m0/s1. The lowest BCUT2D eigenvalue weighted by Gasteiger charge is -2.40. The van der Waals surface area contributed by atoms with Gasteiger partial charge in [0.25, 0.3) is 0 Å². The van der Waals surface area contributed by atoms with Crippen LogP contribution in [0, 0.1) is 0 Å². The second kappa shape index (κ2) is 12.2. The number of rotatable bonds is 3. The molecule has 1 aliphatic carbocycles. The van der Waals surface area contributed by atoms with Crippen LogP contribution in [0.1, 0.15) is 54.5 Å². The van der Waals surface area contributed by atoms with Crippen molar-refractivity contribution in [2.75, 3.05) is 18.2 Å². The number of amides is 1. The van der Waals surface area contributed by atoms with Crippen LogP contribution in [0.5, 0.6) is 11.5 Å². The highest BCUT2D eigenvalue weighted by atomic mass is 16.7. The maximum atomic E-state index is 14.0. The lowest BCUT2D eigenvalue weighted by atomic mass is 9.79. The van der Waals surface area contributed by atoms with Gasteiger partial charge in [-0.2, -0.15) is 9.98 Å². The summed E-state index contributed by atoms with van der Waals surface area (Å²) >= 11 is 0. The molecule has 0 spiro atoms. The zero-order valence-corrected chi connectivity index (χ0v) is 26.4. The van der Waals surface area contributed by atoms with Crippen molar-refractivity contribution in [3.05, 3.63) is 99.8 Å². The first-order chi connectivity index (χ1) is 24.6. The molecule has 7 N–H and O–H groups in total. The topological polar surface area (TPSA) is 246 Å². The fraction of sp³-hybridized carbons (Fsp3) is 0.257. The summed E-state index contributed by atoms with van der Waals surface area (Å²) in [6, 6.07) is 12.7. The van der Waals surface area contributed by atoms with E-state index in [4.69, 9.17) is 19.9 Å². The van der Waals surface area contributed by atoms with Crippen molar-refractivity contribution in [2.45, 2.75) is 43.2 Å². The van der Waals surface area contributed by atoms with E-state index in [1.807, 2.05) is 0 Å². The lowest BCUT2D eigenvalue weighted by molar-refractivity contribution is -0.277. The van der Waals surface area contributed by atoms with Gasteiger partial charge in [-0.3, -0.25) is 19.4 Å². The number of aliphatic imine (C=N–C) groups is 3. The summed E-state index contributed by atoms with van der Waals surface area (Å²) in [7, 11) is 0. The van der Waals surface area contributed by atoms with Crippen molar-refractivity contribution in [1.82, 2.24) is 0 Å². The number of allylic oxidation sites excluding steroid dienone is 1. The van der Waals surface area contributed by atoms with E-state index in [2.05, 4.69) is 15.0 Å². The minimum atomic E-state index is -1.82. The molecular formula is C35H29N5O11. The molecule has 0 unspecified atom stereocenters. The molecule has 5 aliphatic rings. The van der Waals surface area contributed by atoms with Gasteiger partial charge < -0.3 is 50.4 Å². The van der Waals surface area contributed by atoms with E-state index in [0.717, 1.165) is 0 Å². The number of nitrogens with zero attached hydrogens (tertiary/aromatic N) is 4. The van der Waals surface area contributed by atoms with Crippen LogP contribution < -0.4 is 15.4 Å². The van der Waals surface area contributed by atoms with Crippen LogP contribution in [0.15, 0.2) is 75.8 Å². The van der Waals surface area contributed by atoms with Crippen LogP contribution >= 0.6 is 0 Å². The zero-order valence-electron chi connectivity index (χ0n) is 26.4. The molecule has 0 saturated carbocycles. The number of para-hydroxylation sites is 1. The minimum Gasteiger partial charge on any atom is -0.504 e. The van der Waals surface area contributed by atoms with Crippen LogP contribution in [-0.2, 0) is 20.9 Å². The number of aromatic hydroxyl groups is 1. The van der Waals surface area contributed by atoms with E-state index in [1.165, 1.54) is 30.5 Å². The Bertz CT molecular complexity index is 2160. The molecule has 4 heterocycles. The Morgan fingerprint density at radius 3 is 2.51 bits per heavy atom. The second-order valence-corrected chi connectivity index (χ2v) is 12.4. The van der Waals surface area contributed by atoms with Crippen molar-refractivity contribution in [3.8, 4) is 11.5 Å². The predicted octanol–water partition coefficient (Wildman–Crippen LogP) is -0.00600. The normalized spacial score (nSPS) is 27.3. The molecule has 51 heavy (non-hydrogen) atoms. The number of ether oxygens (including phenoxy) is 3. The van der Waals surface area contributed by atoms with Crippen LogP contribution in [0.2, 0.25) is 0 Å². The molecule has 3 aromatic rings. The first-order valence-corrected chi connectivity index (χ1v) is 15.8. The number of benzene rings is 3. The molecule has 16 heteroatoms. The summed E-state index contributed by atoms with van der Waals surface area (Å²) in [5.74, 6) is -4.11. The van der Waals surface area contributed by atoms with Crippen LogP contribution in [0.3, 0.4) is 0 Å². The summed E-state index contributed by atoms with van der Waals surface area (Å²) in [4.78, 5) is 54.5. The fourth-order valence-corrected chi connectivity index (χ4v) is 6.88. The number of ketones is 2. The average Bonchev–Trinajstić information content (AvgIpc) is 3.54. The molecule has 4 aliphatic heterocycles. The van der Waals surface area contributed by atoms with Gasteiger partial charge in [-0.1, -0.05) is 24.3 Å². The summed E-state index contributed by atoms with van der Waals surface area (Å²) < 4.78 is 17.7. The molecular weight excluding hydrogens is 666 g/mol. The first kappa shape index (κ1) is 32.4. The van der Waals surface area contributed by atoms with Gasteiger partial charge in [-0.25, -0.2) is 0 Å². The smallest absolute Gasteiger partial charge is 0.302 e. The molecule has 1 fully saturated rings. The van der Waals surface area contributed by atoms with Crippen molar-refractivity contribution in [1.29, 1.82) is 0 Å². The minimum absolute atomic E-state index is 0.0124. The van der Waals surface area contributed by atoms with Crippen LogP contribution in [0.25, 0.3) is 0 Å². The number of amidine groups is 1. The number of phenols is 1. The first-order valence-electron chi connectivity index (χ1n) is 15.8. The Hall–Kier alpha value is -5.78. The third-order valence-corrected chi connectivity index (χ3v) is 9.42. The van der Waals surface area contributed by atoms with Crippen LogP contribution in [0.4, 0.5) is 5.69 Å². The van der Waals surface area contributed by atoms with Crippen LogP contribution in [-0.4, -0.2) is 104 Å². The van der Waals surface area contributed by atoms with Crippen molar-refractivity contribution < 1.29 is 54.1 Å². The Balaban J connectivity index is 1.34. The number of hydrogen-bond acceptors (Lipinski definition) is 15. The molecule has 260 valence electrons. The Kier molecular flexibility index (Phi) is 7.77. The van der Waals surface area contributed by atoms with Gasteiger partial charge in [0.15, 0.2) is 34.6 Å². The Labute approximate surface area is 288 Å². The number of nitrogens with two attached hydrogens (primary N) is 1. The summed E-state index contributed by atoms with van der Waals surface area (Å²) in [6.07, 6.45) is -5.11. The largest absolute Gasteiger partial charge is 0.504 e. The van der Waals surface area contributed by atoms with Gasteiger partial charge in [0, 0.05) is 33.9 Å². The van der Waals surface area contributed by atoms with Gasteiger partial charge in [0.1, 0.15) is 37.7 Å². The number of carbonyl (C=O) groups excluding carboxylic acids is 3. The van der Waals surface area contributed by atoms with Gasteiger partial charge in [0.05, 0.1) is 18.4 Å². The van der Waals surface area contributed by atoms with Crippen molar-refractivity contribution in [2.24, 2.45) is 20.7 Å². The monoisotopic (exact) mass is 695 g/mol. The second-order valence-electron chi connectivity index (χ2n) is 12.4. The molecule has 1 amide bonds. The molecule has 0 radical (unpaired) electrons. The number of aliphatic hydroxyl groups is 4. The number of anilines is 1. The molecule has 2 bridgehead atoms. The van der Waals surface area contributed by atoms with Gasteiger partial charge in [0.2, 0.25) is 12.2 Å². The number of phenolic OH excluding ortho intramolecular Hbond substituents is 1. The van der Waals surface area contributed by atoms with Gasteiger partial charge >= 0.3 is 5.91 Å². The van der Waals surface area contributed by atoms with E-state index in [9.17, 15) is 39.9 Å². The number of carbonyl (C=O) groups is 3. The maximum Gasteiger partial charge on any atom is 0.302 e. The van der Waals surface area contributed by atoms with Gasteiger partial charge in [-0.15, -0.1) is 0 Å². The predicted molar refractivity (Wildman–Crippen MR) is 177 cm³/mol. The van der Waals surface area contributed by atoms with Gasteiger partial charge in [-0.05, 0) is 41.5 Å². The summed E-state index contributed by atoms with van der Waals surface area (Å²) in [5.41, 5.74) is 6.81. The maximum absolute atomic E-state index is 14.0. The number of aliphatic hydroxyl groups excluding tert-OH is 4. The molecule has 3 aromatic carbocycles. The third-order valence-electron chi connectivity index (χ3n) is 9.42. The Morgan fingerprint density at radius 1 is 0.902 bits per heavy atom. The van der Waals surface area contributed by atoms with E-state index in [0.29, 0.717) is 16.8 Å². The number of hydrogen-bond donors (Lipinski definition) is 6. The van der Waals surface area contributed by atoms with E-state index < -0.39 is 66.5 Å². The number of guanidine groups is 1. The van der Waals surface area contributed by atoms with E-state index >= 15 is 0 Å². The third kappa shape index (κ3) is 5.11. The quantitative estimate of drug-likeness (QED) is 0.165. The Morgan fingerprint density at radius 2 is 1.71 bits per heavy atom. The zero-order chi connectivity index (χ0) is 35.7. The molecule has 8 rings (SSSR count). The van der Waals surface area contributed by atoms with Crippen molar-refractivity contribution >= 4 is 40.7 Å². The molecule has 0 aromatic heterocycles. The lowest BCUT2D eigenvalue weighted by Crippen LogP contribution is -2.60. The molecule has 1 saturated heterocycles. The van der Waals surface area contributed by atoms with E-state index in [1.54, 1.807) is 35.2 Å². The highest BCUT2D eigenvalue weighted by molar-refractivity contribution is 6.72. The number of fused-ring (bicyclic) bond motifs is 6. The highest BCUT2D eigenvalue weighted by Gasteiger charge is 2.47. The summed E-state index contributed by atoms with van der Waals surface area (Å²) in [6.45, 7) is -0.703. The highest BCUT2D eigenvalue weighted by Crippen LogP contribution is 2.48. The summed E-state index contributed by atoms with van der Waals surface area (Å²) in [5, 5.41) is 53.9. The SMILES string of the molecule is NC1=NC(=O)C2=NCN(c3ccccc3[C@@H]3/C=C\OC[C@@H]4O[C@H](Oc5c3cc3c(c5O)C(=O)c5cc(CO)ccc5C3=O)[C@@H](O)[C@H](O)[C@H]4O)C2=N1. The van der Waals surface area contributed by atoms with Crippen molar-refractivity contribution in [3.63, 3.8) is 0 Å². The van der Waals surface area contributed by atoms with E-state index in [-0.39, 0.29) is 64.3 Å².